The summed E-state index contributed by atoms with van der Waals surface area (Å²) in [5, 5.41) is 12.5. The molecule has 0 bridgehead atoms. The maximum atomic E-state index is 11.6. The number of amides is 2. The Balaban J connectivity index is 2.45. The van der Waals surface area contributed by atoms with Crippen molar-refractivity contribution < 1.29 is 19.4 Å². The van der Waals surface area contributed by atoms with Crippen molar-refractivity contribution in [3.63, 3.8) is 0 Å². The highest BCUT2D eigenvalue weighted by Crippen LogP contribution is 2.24. The molecule has 1 aliphatic rings. The Hall–Kier alpha value is -1.30. The Bertz CT molecular complexity index is 325. The number of nitrogens with two attached hydrogens (primary N) is 1. The van der Waals surface area contributed by atoms with E-state index in [0.29, 0.717) is 12.8 Å². The van der Waals surface area contributed by atoms with Gasteiger partial charge in [-0.05, 0) is 40.0 Å². The van der Waals surface area contributed by atoms with Gasteiger partial charge in [-0.15, -0.1) is 0 Å². The minimum Gasteiger partial charge on any atom is -0.444 e. The predicted molar refractivity (Wildman–Crippen MR) is 65.7 cm³/mol. The standard InChI is InChI=1S/C12H22N2O4/c1-12(2,3)18-11(17)14-8-5-4-7(10(13)16)6-9(8)15/h7-9,15H,4-6H2,1-3H3,(H2,13,16)(H,14,17)/t7-,8-,9+/m0/s1. The van der Waals surface area contributed by atoms with E-state index in [2.05, 4.69) is 5.32 Å². The van der Waals surface area contributed by atoms with E-state index in [1.807, 2.05) is 0 Å². The highest BCUT2D eigenvalue weighted by molar-refractivity contribution is 5.76. The minimum atomic E-state index is -0.760. The highest BCUT2D eigenvalue weighted by atomic mass is 16.6. The van der Waals surface area contributed by atoms with Gasteiger partial charge in [0.1, 0.15) is 5.60 Å². The maximum Gasteiger partial charge on any atom is 0.407 e. The van der Waals surface area contributed by atoms with Crippen LogP contribution in [0.25, 0.3) is 0 Å². The van der Waals surface area contributed by atoms with Gasteiger partial charge in [-0.3, -0.25) is 4.79 Å². The lowest BCUT2D eigenvalue weighted by molar-refractivity contribution is -0.124. The monoisotopic (exact) mass is 258 g/mol. The maximum absolute atomic E-state index is 11.6. The average Bonchev–Trinajstić information content (AvgIpc) is 2.17. The second-order valence-electron chi connectivity index (χ2n) is 5.73. The van der Waals surface area contributed by atoms with Crippen LogP contribution in [0, 0.1) is 5.92 Å². The number of aliphatic hydroxyl groups is 1. The Morgan fingerprint density at radius 2 is 1.94 bits per heavy atom. The van der Waals surface area contributed by atoms with Crippen LogP contribution in [0.3, 0.4) is 0 Å². The quantitative estimate of drug-likeness (QED) is 0.672. The van der Waals surface area contributed by atoms with Crippen LogP contribution in [0.5, 0.6) is 0 Å². The fourth-order valence-electron chi connectivity index (χ4n) is 2.03. The van der Waals surface area contributed by atoms with Gasteiger partial charge in [0, 0.05) is 5.92 Å². The van der Waals surface area contributed by atoms with Crippen LogP contribution in [-0.2, 0) is 9.53 Å². The molecule has 1 aliphatic carbocycles. The first-order valence-electron chi connectivity index (χ1n) is 6.16. The molecule has 2 amide bonds. The number of carbonyl (C=O) groups excluding carboxylic acids is 2. The Labute approximate surface area is 107 Å². The number of ether oxygens (including phenoxy) is 1. The van der Waals surface area contributed by atoms with E-state index in [9.17, 15) is 14.7 Å². The number of hydrogen-bond acceptors (Lipinski definition) is 4. The van der Waals surface area contributed by atoms with Gasteiger partial charge in [0.2, 0.25) is 5.91 Å². The van der Waals surface area contributed by atoms with E-state index in [1.54, 1.807) is 20.8 Å². The highest BCUT2D eigenvalue weighted by Gasteiger charge is 2.33. The van der Waals surface area contributed by atoms with E-state index >= 15 is 0 Å². The van der Waals surface area contributed by atoms with E-state index < -0.39 is 23.7 Å². The summed E-state index contributed by atoms with van der Waals surface area (Å²) in [6.07, 6.45) is 0.0734. The van der Waals surface area contributed by atoms with Gasteiger partial charge in [-0.1, -0.05) is 0 Å². The zero-order chi connectivity index (χ0) is 13.9. The summed E-state index contributed by atoms with van der Waals surface area (Å²) >= 11 is 0. The lowest BCUT2D eigenvalue weighted by Gasteiger charge is -2.32. The molecule has 0 radical (unpaired) electrons. The summed E-state index contributed by atoms with van der Waals surface area (Å²) in [5.41, 5.74) is 4.63. The first-order valence-corrected chi connectivity index (χ1v) is 6.16. The molecule has 6 nitrogen and oxygen atoms in total. The molecule has 0 aromatic heterocycles. The van der Waals surface area contributed by atoms with E-state index in [1.165, 1.54) is 0 Å². The van der Waals surface area contributed by atoms with Crippen molar-refractivity contribution in [2.45, 2.75) is 57.8 Å². The van der Waals surface area contributed by atoms with Crippen molar-refractivity contribution in [2.75, 3.05) is 0 Å². The lowest BCUT2D eigenvalue weighted by Crippen LogP contribution is -2.49. The van der Waals surface area contributed by atoms with Gasteiger partial charge in [0.05, 0.1) is 12.1 Å². The number of primary amides is 1. The summed E-state index contributed by atoms with van der Waals surface area (Å²) in [6, 6.07) is -0.379. The Kier molecular flexibility index (Phi) is 4.56. The molecule has 0 aromatic rings. The molecule has 0 unspecified atom stereocenters. The van der Waals surface area contributed by atoms with Crippen molar-refractivity contribution in [1.29, 1.82) is 0 Å². The molecule has 3 atom stereocenters. The van der Waals surface area contributed by atoms with Crippen LogP contribution in [0.2, 0.25) is 0 Å². The Morgan fingerprint density at radius 3 is 2.39 bits per heavy atom. The van der Waals surface area contributed by atoms with Gasteiger partial charge in [0.25, 0.3) is 0 Å². The smallest absolute Gasteiger partial charge is 0.407 e. The van der Waals surface area contributed by atoms with Gasteiger partial charge in [0.15, 0.2) is 0 Å². The number of alkyl carbamates (subject to hydrolysis) is 1. The van der Waals surface area contributed by atoms with Crippen molar-refractivity contribution in [3.8, 4) is 0 Å². The molecule has 1 saturated carbocycles. The molecule has 104 valence electrons. The number of rotatable bonds is 2. The fraction of sp³-hybridized carbons (Fsp3) is 0.833. The van der Waals surface area contributed by atoms with Gasteiger partial charge < -0.3 is 20.9 Å². The predicted octanol–water partition coefficient (Wildman–Crippen LogP) is 0.526. The fourth-order valence-corrected chi connectivity index (χ4v) is 2.03. The van der Waals surface area contributed by atoms with E-state index in [4.69, 9.17) is 10.5 Å². The van der Waals surface area contributed by atoms with Crippen LogP contribution in [-0.4, -0.2) is 34.9 Å². The lowest BCUT2D eigenvalue weighted by atomic mass is 9.83. The third-order valence-electron chi connectivity index (χ3n) is 2.92. The molecule has 0 heterocycles. The van der Waals surface area contributed by atoms with Crippen LogP contribution < -0.4 is 11.1 Å². The Morgan fingerprint density at radius 1 is 1.33 bits per heavy atom. The summed E-state index contributed by atoms with van der Waals surface area (Å²) in [6.45, 7) is 5.31. The third-order valence-corrected chi connectivity index (χ3v) is 2.92. The summed E-state index contributed by atoms with van der Waals surface area (Å²) in [5.74, 6) is -0.707. The molecular weight excluding hydrogens is 236 g/mol. The number of nitrogens with one attached hydrogen (secondary N) is 1. The molecule has 0 aromatic carbocycles. The molecule has 1 fully saturated rings. The largest absolute Gasteiger partial charge is 0.444 e. The second-order valence-corrected chi connectivity index (χ2v) is 5.73. The zero-order valence-electron chi connectivity index (χ0n) is 11.1. The average molecular weight is 258 g/mol. The minimum absolute atomic E-state index is 0.287. The molecule has 6 heteroatoms. The molecule has 0 aliphatic heterocycles. The van der Waals surface area contributed by atoms with Gasteiger partial charge in [-0.25, -0.2) is 4.79 Å². The van der Waals surface area contributed by atoms with Crippen LogP contribution in [0.15, 0.2) is 0 Å². The third kappa shape index (κ3) is 4.52. The second kappa shape index (κ2) is 5.56. The van der Waals surface area contributed by atoms with Gasteiger partial charge in [-0.2, -0.15) is 0 Å². The number of hydrogen-bond donors (Lipinski definition) is 3. The SMILES string of the molecule is CC(C)(C)OC(=O)N[C@H]1CC[C@H](C(N)=O)C[C@H]1O. The van der Waals surface area contributed by atoms with Crippen molar-refractivity contribution in [1.82, 2.24) is 5.32 Å². The van der Waals surface area contributed by atoms with Gasteiger partial charge >= 0.3 is 6.09 Å². The van der Waals surface area contributed by atoms with Crippen molar-refractivity contribution in [2.24, 2.45) is 11.7 Å². The molecule has 4 N–H and O–H groups in total. The summed E-state index contributed by atoms with van der Waals surface area (Å²) in [7, 11) is 0. The van der Waals surface area contributed by atoms with Crippen molar-refractivity contribution >= 4 is 12.0 Å². The zero-order valence-corrected chi connectivity index (χ0v) is 11.1. The normalized spacial score (nSPS) is 28.6. The molecule has 1 rings (SSSR count). The number of carbonyl (C=O) groups is 2. The molecule has 18 heavy (non-hydrogen) atoms. The first kappa shape index (κ1) is 14.8. The topological polar surface area (TPSA) is 102 Å². The van der Waals surface area contributed by atoms with E-state index in [-0.39, 0.29) is 18.4 Å². The molecular formula is C12H22N2O4. The van der Waals surface area contributed by atoms with Crippen molar-refractivity contribution in [3.05, 3.63) is 0 Å². The van der Waals surface area contributed by atoms with Crippen LogP contribution in [0.4, 0.5) is 4.79 Å². The summed E-state index contributed by atoms with van der Waals surface area (Å²) < 4.78 is 5.11. The molecule has 0 spiro atoms. The first-order chi connectivity index (χ1) is 8.19. The summed E-state index contributed by atoms with van der Waals surface area (Å²) in [4.78, 5) is 22.6. The van der Waals surface area contributed by atoms with E-state index in [0.717, 1.165) is 0 Å². The van der Waals surface area contributed by atoms with Crippen LogP contribution in [0.1, 0.15) is 40.0 Å². The molecule has 0 saturated heterocycles. The van der Waals surface area contributed by atoms with Crippen LogP contribution >= 0.6 is 0 Å². The number of aliphatic hydroxyl groups excluding tert-OH is 1.